The van der Waals surface area contributed by atoms with Crippen molar-refractivity contribution in [2.45, 2.75) is 37.5 Å². The van der Waals surface area contributed by atoms with E-state index >= 15 is 0 Å². The van der Waals surface area contributed by atoms with E-state index in [0.717, 1.165) is 33.6 Å². The third kappa shape index (κ3) is 3.98. The number of hydrogen-bond donors (Lipinski definition) is 3. The molecule has 9 heteroatoms. The first-order valence-corrected chi connectivity index (χ1v) is 12.4. The van der Waals surface area contributed by atoms with Crippen LogP contribution in [0.2, 0.25) is 0 Å². The summed E-state index contributed by atoms with van der Waals surface area (Å²) in [4.78, 5) is 18.1. The second-order valence-corrected chi connectivity index (χ2v) is 10.0. The van der Waals surface area contributed by atoms with Crippen molar-refractivity contribution < 1.29 is 19.0 Å². The molecule has 0 bridgehead atoms. The number of carbonyl (C=O) groups is 1. The average Bonchev–Trinajstić information content (AvgIpc) is 3.53. The van der Waals surface area contributed by atoms with Gasteiger partial charge in [0.1, 0.15) is 5.82 Å². The molecule has 0 saturated carbocycles. The molecule has 0 spiro atoms. The number of benzene rings is 2. The van der Waals surface area contributed by atoms with Gasteiger partial charge in [-0.05, 0) is 55.2 Å². The highest BCUT2D eigenvalue weighted by Gasteiger charge is 2.24. The predicted octanol–water partition coefficient (Wildman–Crippen LogP) is 3.66. The summed E-state index contributed by atoms with van der Waals surface area (Å²) >= 11 is 1.48. The quantitative estimate of drug-likeness (QED) is 0.415. The van der Waals surface area contributed by atoms with Crippen LogP contribution in [0.1, 0.15) is 41.2 Å². The molecule has 2 fully saturated rings. The lowest BCUT2D eigenvalue weighted by Gasteiger charge is -2.23. The number of nitrogens with one attached hydrogen (secondary N) is 2. The Morgan fingerprint density at radius 3 is 2.85 bits per heavy atom. The standard InChI is InChI=1S/C25H25FN4O3S/c26-19-9-14(20-11-17(31)12-27-20)1-3-18(19)21-13-30-22-4-2-15(10-23(22)34-25(30)29-21)24(32)28-16-5-7-33-8-6-16/h1-4,9-10,13,16-17,20,27,31H,5-8,11-12H2,(H,28,32)/t17-,20-/m1/s1. The summed E-state index contributed by atoms with van der Waals surface area (Å²) in [6, 6.07) is 10.9. The van der Waals surface area contributed by atoms with Crippen LogP contribution in [0.4, 0.5) is 4.39 Å². The third-order valence-electron chi connectivity index (χ3n) is 6.69. The number of aliphatic hydroxyl groups excluding tert-OH is 1. The fourth-order valence-electron chi connectivity index (χ4n) is 4.81. The molecule has 2 aliphatic heterocycles. The maximum absolute atomic E-state index is 15.0. The van der Waals surface area contributed by atoms with E-state index in [9.17, 15) is 14.3 Å². The molecule has 0 aliphatic carbocycles. The van der Waals surface area contributed by atoms with Gasteiger partial charge in [-0.2, -0.15) is 0 Å². The van der Waals surface area contributed by atoms with Crippen LogP contribution >= 0.6 is 11.3 Å². The van der Waals surface area contributed by atoms with Crippen molar-refractivity contribution in [1.29, 1.82) is 0 Å². The van der Waals surface area contributed by atoms with Crippen LogP contribution in [-0.2, 0) is 4.74 Å². The SMILES string of the molecule is O=C(NC1CCOCC1)c1ccc2c(c1)sc1nc(-c3ccc([C@H]4C[C@@H](O)CN4)cc3F)cn12. The zero-order chi connectivity index (χ0) is 23.2. The van der Waals surface area contributed by atoms with Gasteiger partial charge in [-0.15, -0.1) is 0 Å². The van der Waals surface area contributed by atoms with E-state index in [0.29, 0.717) is 43.0 Å². The molecular weight excluding hydrogens is 455 g/mol. The number of carbonyl (C=O) groups excluding carboxylic acids is 1. The van der Waals surface area contributed by atoms with E-state index in [1.807, 2.05) is 34.9 Å². The van der Waals surface area contributed by atoms with Crippen molar-refractivity contribution in [3.05, 3.63) is 59.5 Å². The number of halogens is 1. The van der Waals surface area contributed by atoms with Gasteiger partial charge in [0.2, 0.25) is 0 Å². The first-order chi connectivity index (χ1) is 16.5. The molecule has 6 rings (SSSR count). The monoisotopic (exact) mass is 480 g/mol. The Balaban J connectivity index is 1.26. The maximum atomic E-state index is 15.0. The predicted molar refractivity (Wildman–Crippen MR) is 129 cm³/mol. The number of fused-ring (bicyclic) bond motifs is 3. The number of hydrogen-bond acceptors (Lipinski definition) is 6. The van der Waals surface area contributed by atoms with E-state index in [1.54, 1.807) is 6.07 Å². The fourth-order valence-corrected chi connectivity index (χ4v) is 5.86. The molecule has 4 aromatic rings. The Morgan fingerprint density at radius 2 is 2.09 bits per heavy atom. The molecule has 2 saturated heterocycles. The van der Waals surface area contributed by atoms with Crippen molar-refractivity contribution in [2.24, 2.45) is 0 Å². The normalized spacial score (nSPS) is 21.5. The summed E-state index contributed by atoms with van der Waals surface area (Å²) in [7, 11) is 0. The van der Waals surface area contributed by atoms with E-state index in [4.69, 9.17) is 4.74 Å². The molecule has 2 aromatic heterocycles. The smallest absolute Gasteiger partial charge is 0.251 e. The molecule has 0 unspecified atom stereocenters. The highest BCUT2D eigenvalue weighted by atomic mass is 32.1. The van der Waals surface area contributed by atoms with Crippen LogP contribution in [0.25, 0.3) is 26.4 Å². The summed E-state index contributed by atoms with van der Waals surface area (Å²) in [6.07, 6.45) is 3.70. The largest absolute Gasteiger partial charge is 0.392 e. The van der Waals surface area contributed by atoms with Crippen molar-refractivity contribution in [3.63, 3.8) is 0 Å². The Kier molecular flexibility index (Phi) is 5.57. The minimum Gasteiger partial charge on any atom is -0.392 e. The molecular formula is C25H25FN4O3S. The lowest BCUT2D eigenvalue weighted by molar-refractivity contribution is 0.0696. The number of thiazole rings is 1. The summed E-state index contributed by atoms with van der Waals surface area (Å²) < 4.78 is 23.2. The second kappa shape index (κ2) is 8.74. The maximum Gasteiger partial charge on any atom is 0.251 e. The van der Waals surface area contributed by atoms with Gasteiger partial charge in [0.25, 0.3) is 5.91 Å². The van der Waals surface area contributed by atoms with Gasteiger partial charge in [-0.3, -0.25) is 9.20 Å². The van der Waals surface area contributed by atoms with Crippen LogP contribution in [-0.4, -0.2) is 52.3 Å². The highest BCUT2D eigenvalue weighted by molar-refractivity contribution is 7.23. The first kappa shape index (κ1) is 21.7. The number of aromatic nitrogens is 2. The number of aliphatic hydroxyl groups is 1. The number of imidazole rings is 1. The first-order valence-electron chi connectivity index (χ1n) is 11.6. The van der Waals surface area contributed by atoms with Gasteiger partial charge in [-0.25, -0.2) is 9.37 Å². The van der Waals surface area contributed by atoms with Crippen LogP contribution in [0.3, 0.4) is 0 Å². The van der Waals surface area contributed by atoms with Crippen LogP contribution in [0.15, 0.2) is 42.6 Å². The van der Waals surface area contributed by atoms with Gasteiger partial charge in [0.05, 0.1) is 22.0 Å². The molecule has 34 heavy (non-hydrogen) atoms. The molecule has 0 radical (unpaired) electrons. The van der Waals surface area contributed by atoms with Gasteiger partial charge in [0.15, 0.2) is 4.96 Å². The lowest BCUT2D eigenvalue weighted by atomic mass is 10.0. The van der Waals surface area contributed by atoms with Crippen LogP contribution < -0.4 is 10.6 Å². The molecule has 4 heterocycles. The number of amides is 1. The van der Waals surface area contributed by atoms with Crippen LogP contribution in [0.5, 0.6) is 0 Å². The Bertz CT molecular complexity index is 1380. The molecule has 2 atom stereocenters. The molecule has 2 aromatic carbocycles. The summed E-state index contributed by atoms with van der Waals surface area (Å²) in [5.74, 6) is -0.408. The fraction of sp³-hybridized carbons (Fsp3) is 0.360. The lowest BCUT2D eigenvalue weighted by Crippen LogP contribution is -2.38. The summed E-state index contributed by atoms with van der Waals surface area (Å²) in [6.45, 7) is 1.88. The number of ether oxygens (including phenoxy) is 1. The van der Waals surface area contributed by atoms with E-state index in [2.05, 4.69) is 15.6 Å². The Morgan fingerprint density at radius 1 is 1.24 bits per heavy atom. The molecule has 176 valence electrons. The minimum atomic E-state index is -0.394. The number of nitrogens with zero attached hydrogens (tertiary/aromatic N) is 2. The highest BCUT2D eigenvalue weighted by Crippen LogP contribution is 2.33. The summed E-state index contributed by atoms with van der Waals surface area (Å²) in [5.41, 5.74) is 3.39. The van der Waals surface area contributed by atoms with Gasteiger partial charge in [-0.1, -0.05) is 17.4 Å². The Labute approximate surface area is 199 Å². The number of β-amino-alcohol motifs (C(OH)–C–C–N with tert-alkyl or cyclic N) is 1. The van der Waals surface area contributed by atoms with Crippen molar-refractivity contribution in [1.82, 2.24) is 20.0 Å². The van der Waals surface area contributed by atoms with Gasteiger partial charge >= 0.3 is 0 Å². The summed E-state index contributed by atoms with van der Waals surface area (Å²) in [5, 5.41) is 16.0. The van der Waals surface area contributed by atoms with Gasteiger partial charge in [0, 0.05) is 49.2 Å². The average molecular weight is 481 g/mol. The topological polar surface area (TPSA) is 87.9 Å². The minimum absolute atomic E-state index is 0.0363. The Hall–Kier alpha value is -2.85. The van der Waals surface area contributed by atoms with E-state index in [1.165, 1.54) is 17.4 Å². The van der Waals surface area contributed by atoms with Crippen molar-refractivity contribution in [2.75, 3.05) is 19.8 Å². The molecule has 2 aliphatic rings. The number of rotatable bonds is 4. The molecule has 7 nitrogen and oxygen atoms in total. The second-order valence-electron chi connectivity index (χ2n) is 9.01. The van der Waals surface area contributed by atoms with Crippen molar-refractivity contribution in [3.8, 4) is 11.3 Å². The molecule has 3 N–H and O–H groups in total. The van der Waals surface area contributed by atoms with Crippen molar-refractivity contribution >= 4 is 32.4 Å². The zero-order valence-corrected chi connectivity index (χ0v) is 19.3. The van der Waals surface area contributed by atoms with E-state index in [-0.39, 0.29) is 23.8 Å². The zero-order valence-electron chi connectivity index (χ0n) is 18.5. The van der Waals surface area contributed by atoms with Gasteiger partial charge < -0.3 is 20.5 Å². The van der Waals surface area contributed by atoms with Crippen LogP contribution in [0, 0.1) is 5.82 Å². The van der Waals surface area contributed by atoms with E-state index < -0.39 is 6.10 Å². The molecule has 1 amide bonds. The third-order valence-corrected chi connectivity index (χ3v) is 7.71.